The molecule has 2 atom stereocenters. The molecule has 0 bridgehead atoms. The van der Waals surface area contributed by atoms with Crippen molar-refractivity contribution >= 4 is 5.91 Å². The molecule has 94 valence electrons. The molecule has 1 fully saturated rings. The largest absolute Gasteiger partial charge is 0.361 e. The van der Waals surface area contributed by atoms with Gasteiger partial charge in [0, 0.05) is 25.2 Å². The van der Waals surface area contributed by atoms with Gasteiger partial charge in [0.1, 0.15) is 5.76 Å². The zero-order valence-corrected chi connectivity index (χ0v) is 10.3. The molecule has 2 rings (SSSR count). The van der Waals surface area contributed by atoms with E-state index in [1.807, 2.05) is 11.8 Å². The molecule has 1 saturated heterocycles. The van der Waals surface area contributed by atoms with Gasteiger partial charge in [-0.2, -0.15) is 0 Å². The van der Waals surface area contributed by atoms with Crippen molar-refractivity contribution in [2.24, 2.45) is 11.7 Å². The fourth-order valence-corrected chi connectivity index (χ4v) is 2.25. The van der Waals surface area contributed by atoms with Crippen molar-refractivity contribution in [3.8, 4) is 0 Å². The number of nitrogens with two attached hydrogens (primary N) is 1. The Balaban J connectivity index is 2.04. The molecule has 5 heteroatoms. The molecular formula is C12H19N3O2. The summed E-state index contributed by atoms with van der Waals surface area (Å²) in [5, 5.41) is 3.76. The van der Waals surface area contributed by atoms with Crippen LogP contribution in [0, 0.1) is 12.8 Å². The minimum atomic E-state index is -0.0489. The van der Waals surface area contributed by atoms with Gasteiger partial charge in [0.05, 0.1) is 0 Å². The van der Waals surface area contributed by atoms with Gasteiger partial charge >= 0.3 is 0 Å². The average molecular weight is 237 g/mol. The van der Waals surface area contributed by atoms with Gasteiger partial charge in [-0.25, -0.2) is 0 Å². The second-order valence-electron chi connectivity index (χ2n) is 4.84. The van der Waals surface area contributed by atoms with Crippen LogP contribution in [-0.2, 0) is 0 Å². The van der Waals surface area contributed by atoms with E-state index in [4.69, 9.17) is 10.3 Å². The molecule has 2 heterocycles. The van der Waals surface area contributed by atoms with Crippen molar-refractivity contribution in [1.82, 2.24) is 10.1 Å². The van der Waals surface area contributed by atoms with Crippen LogP contribution in [0.3, 0.4) is 0 Å². The van der Waals surface area contributed by atoms with Crippen LogP contribution >= 0.6 is 0 Å². The number of piperidine rings is 1. The third-order valence-corrected chi connectivity index (χ3v) is 3.34. The Labute approximate surface area is 101 Å². The van der Waals surface area contributed by atoms with Crippen LogP contribution in [0.15, 0.2) is 10.6 Å². The molecular weight excluding hydrogens is 218 g/mol. The molecule has 1 aromatic heterocycles. The Morgan fingerprint density at radius 2 is 2.47 bits per heavy atom. The number of hydrogen-bond acceptors (Lipinski definition) is 4. The fraction of sp³-hybridized carbons (Fsp3) is 0.667. The van der Waals surface area contributed by atoms with Gasteiger partial charge in [-0.1, -0.05) is 5.16 Å². The van der Waals surface area contributed by atoms with Crippen molar-refractivity contribution in [1.29, 1.82) is 0 Å². The van der Waals surface area contributed by atoms with E-state index in [0.29, 0.717) is 17.4 Å². The summed E-state index contributed by atoms with van der Waals surface area (Å²) >= 11 is 0. The topological polar surface area (TPSA) is 72.4 Å². The molecule has 0 saturated carbocycles. The van der Waals surface area contributed by atoms with E-state index in [-0.39, 0.29) is 11.9 Å². The van der Waals surface area contributed by atoms with E-state index in [1.54, 1.807) is 13.0 Å². The molecule has 1 aliphatic heterocycles. The molecule has 1 aliphatic rings. The lowest BCUT2D eigenvalue weighted by Gasteiger charge is -2.34. The van der Waals surface area contributed by atoms with Crippen LogP contribution in [0.5, 0.6) is 0 Å². The summed E-state index contributed by atoms with van der Waals surface area (Å²) in [5.41, 5.74) is 6.30. The summed E-state index contributed by atoms with van der Waals surface area (Å²) in [7, 11) is 0. The maximum Gasteiger partial charge on any atom is 0.276 e. The summed E-state index contributed by atoms with van der Waals surface area (Å²) in [6, 6.07) is 1.81. The van der Waals surface area contributed by atoms with Gasteiger partial charge in [0.2, 0.25) is 0 Å². The normalized spacial score (nSPS) is 22.5. The molecule has 0 spiro atoms. The van der Waals surface area contributed by atoms with Crippen molar-refractivity contribution in [2.75, 3.05) is 13.1 Å². The Morgan fingerprint density at radius 3 is 3.06 bits per heavy atom. The van der Waals surface area contributed by atoms with E-state index in [9.17, 15) is 4.79 Å². The predicted molar refractivity (Wildman–Crippen MR) is 63.5 cm³/mol. The van der Waals surface area contributed by atoms with Crippen LogP contribution in [0.25, 0.3) is 0 Å². The zero-order valence-electron chi connectivity index (χ0n) is 10.3. The molecule has 1 amide bonds. The van der Waals surface area contributed by atoms with Crippen LogP contribution in [0.4, 0.5) is 0 Å². The predicted octanol–water partition coefficient (Wildman–Crippen LogP) is 1.18. The number of aromatic nitrogens is 1. The molecule has 17 heavy (non-hydrogen) atoms. The van der Waals surface area contributed by atoms with Crippen LogP contribution in [0.1, 0.15) is 36.0 Å². The number of aryl methyl sites for hydroxylation is 1. The summed E-state index contributed by atoms with van der Waals surface area (Å²) in [6.45, 7) is 5.29. The lowest BCUT2D eigenvalue weighted by molar-refractivity contribution is 0.0650. The van der Waals surface area contributed by atoms with E-state index >= 15 is 0 Å². The Kier molecular flexibility index (Phi) is 3.47. The smallest absolute Gasteiger partial charge is 0.276 e. The maximum absolute atomic E-state index is 12.1. The Bertz CT molecular complexity index is 400. The van der Waals surface area contributed by atoms with Crippen LogP contribution < -0.4 is 5.73 Å². The van der Waals surface area contributed by atoms with Crippen molar-refractivity contribution in [3.63, 3.8) is 0 Å². The first kappa shape index (κ1) is 12.1. The molecule has 5 nitrogen and oxygen atoms in total. The quantitative estimate of drug-likeness (QED) is 0.838. The maximum atomic E-state index is 12.1. The monoisotopic (exact) mass is 237 g/mol. The third-order valence-electron chi connectivity index (χ3n) is 3.34. The molecule has 0 aromatic carbocycles. The summed E-state index contributed by atoms with van der Waals surface area (Å²) in [5.74, 6) is 1.00. The average Bonchev–Trinajstić information content (AvgIpc) is 2.75. The summed E-state index contributed by atoms with van der Waals surface area (Å²) in [4.78, 5) is 14.0. The van der Waals surface area contributed by atoms with Gasteiger partial charge in [-0.05, 0) is 32.6 Å². The number of rotatable bonds is 2. The lowest BCUT2D eigenvalue weighted by atomic mass is 9.92. The number of likely N-dealkylation sites (tertiary alicyclic amines) is 1. The second-order valence-corrected chi connectivity index (χ2v) is 4.84. The van der Waals surface area contributed by atoms with E-state index in [1.165, 1.54) is 0 Å². The van der Waals surface area contributed by atoms with Gasteiger partial charge < -0.3 is 15.2 Å². The van der Waals surface area contributed by atoms with Crippen LogP contribution in [-0.4, -0.2) is 35.1 Å². The van der Waals surface area contributed by atoms with Crippen LogP contribution in [0.2, 0.25) is 0 Å². The highest BCUT2D eigenvalue weighted by Crippen LogP contribution is 2.20. The molecule has 1 aromatic rings. The lowest BCUT2D eigenvalue weighted by Crippen LogP contribution is -2.45. The number of carbonyl (C=O) groups excluding carboxylic acids is 1. The number of carbonyl (C=O) groups is 1. The number of nitrogens with zero attached hydrogens (tertiary/aromatic N) is 2. The minimum Gasteiger partial charge on any atom is -0.361 e. The van der Waals surface area contributed by atoms with Gasteiger partial charge in [-0.3, -0.25) is 4.79 Å². The molecule has 2 N–H and O–H groups in total. The van der Waals surface area contributed by atoms with Crippen molar-refractivity contribution in [2.45, 2.75) is 32.7 Å². The standard InChI is InChI=1S/C12H19N3O2/c1-8-6-11(14-17-8)12(16)15-5-3-4-10(7-15)9(2)13/h6,9-10H,3-5,7,13H2,1-2H3. The highest BCUT2D eigenvalue weighted by Gasteiger charge is 2.27. The van der Waals surface area contributed by atoms with Crippen molar-refractivity contribution < 1.29 is 9.32 Å². The molecule has 2 unspecified atom stereocenters. The highest BCUT2D eigenvalue weighted by molar-refractivity contribution is 5.92. The minimum absolute atomic E-state index is 0.0489. The third kappa shape index (κ3) is 2.66. The van der Waals surface area contributed by atoms with Gasteiger partial charge in [-0.15, -0.1) is 0 Å². The molecule has 0 aliphatic carbocycles. The van der Waals surface area contributed by atoms with Crippen molar-refractivity contribution in [3.05, 3.63) is 17.5 Å². The Morgan fingerprint density at radius 1 is 1.71 bits per heavy atom. The van der Waals surface area contributed by atoms with E-state index < -0.39 is 0 Å². The first-order valence-electron chi connectivity index (χ1n) is 6.06. The SMILES string of the molecule is Cc1cc(C(=O)N2CCCC(C(C)N)C2)no1. The fourth-order valence-electron chi connectivity index (χ4n) is 2.25. The first-order valence-corrected chi connectivity index (χ1v) is 6.06. The zero-order chi connectivity index (χ0) is 12.4. The van der Waals surface area contributed by atoms with Gasteiger partial charge in [0.15, 0.2) is 5.69 Å². The van der Waals surface area contributed by atoms with Gasteiger partial charge in [0.25, 0.3) is 5.91 Å². The number of hydrogen-bond donors (Lipinski definition) is 1. The first-order chi connectivity index (χ1) is 8.08. The second kappa shape index (κ2) is 4.87. The molecule has 0 radical (unpaired) electrons. The Hall–Kier alpha value is -1.36. The van der Waals surface area contributed by atoms with E-state index in [2.05, 4.69) is 5.16 Å². The number of amides is 1. The summed E-state index contributed by atoms with van der Waals surface area (Å²) in [6.07, 6.45) is 2.11. The highest BCUT2D eigenvalue weighted by atomic mass is 16.5. The van der Waals surface area contributed by atoms with E-state index in [0.717, 1.165) is 25.9 Å². The summed E-state index contributed by atoms with van der Waals surface area (Å²) < 4.78 is 4.93.